The number of nitrogens with two attached hydrogens (primary N) is 1. The molecule has 0 saturated heterocycles. The van der Waals surface area contributed by atoms with E-state index in [9.17, 15) is 4.79 Å². The minimum absolute atomic E-state index is 0.109. The van der Waals surface area contributed by atoms with Crippen LogP contribution in [0.3, 0.4) is 0 Å². The van der Waals surface area contributed by atoms with Crippen LogP contribution in [-0.4, -0.2) is 12.2 Å². The molecule has 1 amide bonds. The predicted octanol–water partition coefficient (Wildman–Crippen LogP) is 2.25. The van der Waals surface area contributed by atoms with Crippen molar-refractivity contribution in [3.8, 4) is 0 Å². The first kappa shape index (κ1) is 11.0. The molecule has 0 heterocycles. The van der Waals surface area contributed by atoms with Gasteiger partial charge in [0.2, 0.25) is 0 Å². The van der Waals surface area contributed by atoms with Gasteiger partial charge in [0.1, 0.15) is 6.10 Å². The molecule has 1 aromatic carbocycles. The van der Waals surface area contributed by atoms with E-state index >= 15 is 0 Å². The molecule has 86 valence electrons. The molecule has 0 atom stereocenters. The van der Waals surface area contributed by atoms with Gasteiger partial charge in [-0.2, -0.15) is 0 Å². The number of carbonyl (C=O) groups is 1. The van der Waals surface area contributed by atoms with Crippen molar-refractivity contribution >= 4 is 11.8 Å². The SMILES string of the molecule is NCc1cccc(NC(=O)OC2CCC2)c1. The van der Waals surface area contributed by atoms with Crippen LogP contribution in [0.1, 0.15) is 24.8 Å². The number of carbonyl (C=O) groups excluding carboxylic acids is 1. The highest BCUT2D eigenvalue weighted by Crippen LogP contribution is 2.22. The topological polar surface area (TPSA) is 64.3 Å². The Labute approximate surface area is 94.8 Å². The van der Waals surface area contributed by atoms with Crippen molar-refractivity contribution in [2.24, 2.45) is 5.73 Å². The highest BCUT2D eigenvalue weighted by molar-refractivity contribution is 5.84. The van der Waals surface area contributed by atoms with Gasteiger partial charge in [-0.3, -0.25) is 5.32 Å². The molecule has 0 aliphatic heterocycles. The lowest BCUT2D eigenvalue weighted by molar-refractivity contribution is 0.0624. The average molecular weight is 220 g/mol. The van der Waals surface area contributed by atoms with Gasteiger partial charge >= 0.3 is 6.09 Å². The second-order valence-corrected chi connectivity index (χ2v) is 3.99. The third kappa shape index (κ3) is 2.73. The molecule has 4 heteroatoms. The van der Waals surface area contributed by atoms with Crippen molar-refractivity contribution in [2.75, 3.05) is 5.32 Å². The van der Waals surface area contributed by atoms with Gasteiger partial charge in [0.05, 0.1) is 0 Å². The molecule has 0 aromatic heterocycles. The molecule has 1 aliphatic rings. The first-order chi connectivity index (χ1) is 7.78. The summed E-state index contributed by atoms with van der Waals surface area (Å²) in [5.74, 6) is 0. The lowest BCUT2D eigenvalue weighted by Gasteiger charge is -2.25. The van der Waals surface area contributed by atoms with Crippen molar-refractivity contribution in [3.63, 3.8) is 0 Å². The predicted molar refractivity (Wildman–Crippen MR) is 62.1 cm³/mol. The molecule has 1 aliphatic carbocycles. The lowest BCUT2D eigenvalue weighted by atomic mass is 9.96. The maximum Gasteiger partial charge on any atom is 0.411 e. The molecule has 4 nitrogen and oxygen atoms in total. The summed E-state index contributed by atoms with van der Waals surface area (Å²) in [6.45, 7) is 0.465. The Kier molecular flexibility index (Phi) is 3.41. The van der Waals surface area contributed by atoms with Crippen molar-refractivity contribution in [3.05, 3.63) is 29.8 Å². The zero-order valence-electron chi connectivity index (χ0n) is 9.11. The molecule has 1 saturated carbocycles. The second-order valence-electron chi connectivity index (χ2n) is 3.99. The fourth-order valence-electron chi connectivity index (χ4n) is 1.56. The second kappa shape index (κ2) is 4.99. The van der Waals surface area contributed by atoms with Crippen LogP contribution in [0.25, 0.3) is 0 Å². The van der Waals surface area contributed by atoms with Crippen molar-refractivity contribution < 1.29 is 9.53 Å². The molecule has 0 unspecified atom stereocenters. The van der Waals surface area contributed by atoms with Crippen LogP contribution in [0, 0.1) is 0 Å². The molecule has 2 rings (SSSR count). The number of hydrogen-bond acceptors (Lipinski definition) is 3. The monoisotopic (exact) mass is 220 g/mol. The van der Waals surface area contributed by atoms with E-state index in [-0.39, 0.29) is 12.2 Å². The molecular formula is C12H16N2O2. The molecule has 16 heavy (non-hydrogen) atoms. The molecule has 3 N–H and O–H groups in total. The van der Waals surface area contributed by atoms with Gasteiger partial charge in [0.25, 0.3) is 0 Å². The summed E-state index contributed by atoms with van der Waals surface area (Å²) in [4.78, 5) is 11.5. The molecule has 0 radical (unpaired) electrons. The quantitative estimate of drug-likeness (QED) is 0.821. The Morgan fingerprint density at radius 2 is 2.31 bits per heavy atom. The smallest absolute Gasteiger partial charge is 0.411 e. The van der Waals surface area contributed by atoms with Crippen LogP contribution in [-0.2, 0) is 11.3 Å². The summed E-state index contributed by atoms with van der Waals surface area (Å²) < 4.78 is 5.18. The van der Waals surface area contributed by atoms with Crippen molar-refractivity contribution in [1.29, 1.82) is 0 Å². The fourth-order valence-corrected chi connectivity index (χ4v) is 1.56. The summed E-state index contributed by atoms with van der Waals surface area (Å²) in [6, 6.07) is 7.45. The van der Waals surface area contributed by atoms with E-state index in [4.69, 9.17) is 10.5 Å². The minimum Gasteiger partial charge on any atom is -0.446 e. The van der Waals surface area contributed by atoms with Gasteiger partial charge in [-0.1, -0.05) is 12.1 Å². The lowest BCUT2D eigenvalue weighted by Crippen LogP contribution is -2.27. The van der Waals surface area contributed by atoms with Crippen molar-refractivity contribution in [2.45, 2.75) is 31.9 Å². The maximum absolute atomic E-state index is 11.5. The summed E-state index contributed by atoms with van der Waals surface area (Å²) >= 11 is 0. The standard InChI is InChI=1S/C12H16N2O2/c13-8-9-3-1-4-10(7-9)14-12(15)16-11-5-2-6-11/h1,3-4,7,11H,2,5-6,8,13H2,(H,14,15). The number of benzene rings is 1. The van der Waals surface area contributed by atoms with Gasteiger partial charge in [-0.05, 0) is 37.0 Å². The average Bonchev–Trinajstić information content (AvgIpc) is 2.24. The summed E-state index contributed by atoms with van der Waals surface area (Å²) in [7, 11) is 0. The molecule has 1 aromatic rings. The van der Waals surface area contributed by atoms with Gasteiger partial charge < -0.3 is 10.5 Å². The van der Waals surface area contributed by atoms with E-state index in [1.54, 1.807) is 0 Å². The Balaban J connectivity index is 1.89. The van der Waals surface area contributed by atoms with Crippen LogP contribution < -0.4 is 11.1 Å². The van der Waals surface area contributed by atoms with E-state index < -0.39 is 0 Å². The number of nitrogens with one attached hydrogen (secondary N) is 1. The molecule has 0 spiro atoms. The van der Waals surface area contributed by atoms with Crippen LogP contribution >= 0.6 is 0 Å². The van der Waals surface area contributed by atoms with Gasteiger partial charge in [0.15, 0.2) is 0 Å². The first-order valence-electron chi connectivity index (χ1n) is 5.54. The van der Waals surface area contributed by atoms with E-state index in [0.29, 0.717) is 6.54 Å². The minimum atomic E-state index is -0.376. The van der Waals surface area contributed by atoms with Crippen LogP contribution in [0.5, 0.6) is 0 Å². The van der Waals surface area contributed by atoms with E-state index in [2.05, 4.69) is 5.32 Å². The zero-order valence-corrected chi connectivity index (χ0v) is 9.11. The largest absolute Gasteiger partial charge is 0.446 e. The number of ether oxygens (including phenoxy) is 1. The van der Waals surface area contributed by atoms with E-state index in [0.717, 1.165) is 30.5 Å². The van der Waals surface area contributed by atoms with Gasteiger partial charge in [-0.25, -0.2) is 4.79 Å². The number of anilines is 1. The Hall–Kier alpha value is -1.55. The van der Waals surface area contributed by atoms with Crippen LogP contribution in [0.4, 0.5) is 10.5 Å². The first-order valence-corrected chi connectivity index (χ1v) is 5.54. The third-order valence-electron chi connectivity index (χ3n) is 2.73. The van der Waals surface area contributed by atoms with Crippen LogP contribution in [0.2, 0.25) is 0 Å². The van der Waals surface area contributed by atoms with Gasteiger partial charge in [0, 0.05) is 12.2 Å². The fraction of sp³-hybridized carbons (Fsp3) is 0.417. The molecule has 0 bridgehead atoms. The summed E-state index contributed by atoms with van der Waals surface area (Å²) in [5, 5.41) is 2.70. The Morgan fingerprint density at radius 1 is 1.50 bits per heavy atom. The highest BCUT2D eigenvalue weighted by atomic mass is 16.6. The highest BCUT2D eigenvalue weighted by Gasteiger charge is 2.21. The summed E-state index contributed by atoms with van der Waals surface area (Å²) in [6.07, 6.45) is 2.85. The Morgan fingerprint density at radius 3 is 2.94 bits per heavy atom. The van der Waals surface area contributed by atoms with Crippen molar-refractivity contribution in [1.82, 2.24) is 0 Å². The number of rotatable bonds is 3. The Bertz CT molecular complexity index is 375. The zero-order chi connectivity index (χ0) is 11.4. The van der Waals surface area contributed by atoms with Gasteiger partial charge in [-0.15, -0.1) is 0 Å². The normalized spacial score (nSPS) is 15.3. The maximum atomic E-state index is 11.5. The molecule has 1 fully saturated rings. The number of amides is 1. The summed E-state index contributed by atoms with van der Waals surface area (Å²) in [5.41, 5.74) is 7.23. The third-order valence-corrected chi connectivity index (χ3v) is 2.73. The molecular weight excluding hydrogens is 204 g/mol. The van der Waals surface area contributed by atoms with E-state index in [1.807, 2.05) is 24.3 Å². The van der Waals surface area contributed by atoms with Crippen LogP contribution in [0.15, 0.2) is 24.3 Å². The number of hydrogen-bond donors (Lipinski definition) is 2. The van der Waals surface area contributed by atoms with E-state index in [1.165, 1.54) is 0 Å².